The molecule has 1 heterocycles. The zero-order valence-electron chi connectivity index (χ0n) is 11.7. The Labute approximate surface area is 115 Å². The van der Waals surface area contributed by atoms with Crippen molar-refractivity contribution >= 4 is 5.69 Å². The molecule has 0 saturated heterocycles. The summed E-state index contributed by atoms with van der Waals surface area (Å²) in [6, 6.07) is 3.91. The van der Waals surface area contributed by atoms with Gasteiger partial charge in [-0.3, -0.25) is 10.8 Å². The van der Waals surface area contributed by atoms with Crippen LogP contribution in [0.5, 0.6) is 0 Å². The van der Waals surface area contributed by atoms with Crippen LogP contribution in [0.25, 0.3) is 0 Å². The zero-order valence-corrected chi connectivity index (χ0v) is 11.7. The number of rotatable bonds is 5. The van der Waals surface area contributed by atoms with Gasteiger partial charge in [0, 0.05) is 19.3 Å². The second kappa shape index (κ2) is 5.47. The summed E-state index contributed by atoms with van der Waals surface area (Å²) < 4.78 is 0. The molecule has 19 heavy (non-hydrogen) atoms. The SMILES string of the molecule is CN(Cc1cc(NN)ccn1)CC1CC2CCC1C2. The Kier molecular flexibility index (Phi) is 3.71. The first-order valence-electron chi connectivity index (χ1n) is 7.34. The molecule has 4 heteroatoms. The number of pyridine rings is 1. The molecule has 3 rings (SSSR count). The van der Waals surface area contributed by atoms with Crippen molar-refractivity contribution in [3.8, 4) is 0 Å². The molecule has 4 nitrogen and oxygen atoms in total. The summed E-state index contributed by atoms with van der Waals surface area (Å²) in [4.78, 5) is 6.82. The average Bonchev–Trinajstić information content (AvgIpc) is 3.01. The van der Waals surface area contributed by atoms with Gasteiger partial charge in [-0.1, -0.05) is 6.42 Å². The third kappa shape index (κ3) is 2.90. The number of hydrogen-bond donors (Lipinski definition) is 2. The van der Waals surface area contributed by atoms with Crippen LogP contribution in [0.15, 0.2) is 18.3 Å². The number of nitrogen functional groups attached to an aromatic ring is 1. The summed E-state index contributed by atoms with van der Waals surface area (Å²) in [5.74, 6) is 8.38. The van der Waals surface area contributed by atoms with Crippen molar-refractivity contribution in [2.75, 3.05) is 19.0 Å². The first kappa shape index (κ1) is 12.9. The molecule has 3 N–H and O–H groups in total. The van der Waals surface area contributed by atoms with E-state index in [1.807, 2.05) is 18.3 Å². The molecule has 0 radical (unpaired) electrons. The van der Waals surface area contributed by atoms with Gasteiger partial charge in [0.2, 0.25) is 0 Å². The van der Waals surface area contributed by atoms with E-state index in [-0.39, 0.29) is 0 Å². The van der Waals surface area contributed by atoms with E-state index < -0.39 is 0 Å². The second-order valence-electron chi connectivity index (χ2n) is 6.31. The molecule has 0 aliphatic heterocycles. The molecule has 2 fully saturated rings. The van der Waals surface area contributed by atoms with Crippen LogP contribution in [-0.4, -0.2) is 23.5 Å². The third-order valence-corrected chi connectivity index (χ3v) is 4.85. The zero-order chi connectivity index (χ0) is 13.2. The Morgan fingerprint density at radius 1 is 1.42 bits per heavy atom. The predicted octanol–water partition coefficient (Wildman–Crippen LogP) is 2.24. The third-order valence-electron chi connectivity index (χ3n) is 4.85. The minimum absolute atomic E-state index is 0.906. The van der Waals surface area contributed by atoms with Crippen LogP contribution in [0.1, 0.15) is 31.4 Å². The molecule has 104 valence electrons. The lowest BCUT2D eigenvalue weighted by atomic mass is 9.88. The van der Waals surface area contributed by atoms with Gasteiger partial charge in [0.15, 0.2) is 0 Å². The number of hydrazine groups is 1. The van der Waals surface area contributed by atoms with E-state index in [1.54, 1.807) is 0 Å². The fourth-order valence-electron chi connectivity index (χ4n) is 4.00. The summed E-state index contributed by atoms with van der Waals surface area (Å²) in [5, 5.41) is 0. The summed E-state index contributed by atoms with van der Waals surface area (Å²) in [5.41, 5.74) is 4.69. The highest BCUT2D eigenvalue weighted by Crippen LogP contribution is 2.48. The maximum atomic E-state index is 5.43. The molecule has 0 amide bonds. The summed E-state index contributed by atoms with van der Waals surface area (Å²) >= 11 is 0. The van der Waals surface area contributed by atoms with E-state index in [0.717, 1.165) is 35.7 Å². The van der Waals surface area contributed by atoms with Crippen LogP contribution in [0.3, 0.4) is 0 Å². The monoisotopic (exact) mass is 260 g/mol. The molecule has 3 unspecified atom stereocenters. The highest BCUT2D eigenvalue weighted by Gasteiger charge is 2.39. The van der Waals surface area contributed by atoms with Gasteiger partial charge in [0.25, 0.3) is 0 Å². The van der Waals surface area contributed by atoms with E-state index in [1.165, 1.54) is 32.2 Å². The largest absolute Gasteiger partial charge is 0.324 e. The molecule has 2 aliphatic carbocycles. The molecule has 3 atom stereocenters. The highest BCUT2D eigenvalue weighted by molar-refractivity contribution is 5.41. The summed E-state index contributed by atoms with van der Waals surface area (Å²) in [6.07, 6.45) is 7.71. The minimum atomic E-state index is 0.906. The minimum Gasteiger partial charge on any atom is -0.324 e. The summed E-state index contributed by atoms with van der Waals surface area (Å²) in [6.45, 7) is 2.12. The molecule has 2 saturated carbocycles. The molecular formula is C15H24N4. The van der Waals surface area contributed by atoms with Crippen LogP contribution in [0, 0.1) is 17.8 Å². The number of nitrogens with one attached hydrogen (secondary N) is 1. The first-order chi connectivity index (χ1) is 9.24. The van der Waals surface area contributed by atoms with E-state index in [0.29, 0.717) is 0 Å². The molecule has 0 aromatic carbocycles. The highest BCUT2D eigenvalue weighted by atomic mass is 15.2. The molecular weight excluding hydrogens is 236 g/mol. The van der Waals surface area contributed by atoms with E-state index in [4.69, 9.17) is 5.84 Å². The maximum Gasteiger partial charge on any atom is 0.0564 e. The van der Waals surface area contributed by atoms with Crippen LogP contribution >= 0.6 is 0 Å². The lowest BCUT2D eigenvalue weighted by Gasteiger charge is -2.27. The van der Waals surface area contributed by atoms with Crippen LogP contribution in [0.4, 0.5) is 5.69 Å². The van der Waals surface area contributed by atoms with Crippen LogP contribution < -0.4 is 11.3 Å². The van der Waals surface area contributed by atoms with Crippen molar-refractivity contribution in [3.05, 3.63) is 24.0 Å². The van der Waals surface area contributed by atoms with Gasteiger partial charge in [-0.15, -0.1) is 0 Å². The lowest BCUT2D eigenvalue weighted by Crippen LogP contribution is -2.28. The van der Waals surface area contributed by atoms with Crippen LogP contribution in [0.2, 0.25) is 0 Å². The number of nitrogens with two attached hydrogens (primary N) is 1. The predicted molar refractivity (Wildman–Crippen MR) is 77.3 cm³/mol. The topological polar surface area (TPSA) is 54.2 Å². The van der Waals surface area contributed by atoms with Crippen molar-refractivity contribution in [2.45, 2.75) is 32.2 Å². The lowest BCUT2D eigenvalue weighted by molar-refractivity contribution is 0.213. The van der Waals surface area contributed by atoms with E-state index >= 15 is 0 Å². The van der Waals surface area contributed by atoms with Gasteiger partial charge in [-0.25, -0.2) is 0 Å². The Morgan fingerprint density at radius 3 is 3.00 bits per heavy atom. The molecule has 0 spiro atoms. The standard InChI is InChI=1S/C15H24N4/c1-19(9-13-7-11-2-3-12(13)6-11)10-15-8-14(18-16)4-5-17-15/h4-5,8,11-13H,2-3,6-7,9-10,16H2,1H3,(H,17,18). The van der Waals surface area contributed by atoms with Crippen molar-refractivity contribution in [1.29, 1.82) is 0 Å². The van der Waals surface area contributed by atoms with Crippen LogP contribution in [-0.2, 0) is 6.54 Å². The number of fused-ring (bicyclic) bond motifs is 2. The Bertz CT molecular complexity index is 434. The molecule has 2 bridgehead atoms. The van der Waals surface area contributed by atoms with E-state index in [9.17, 15) is 0 Å². The quantitative estimate of drug-likeness (QED) is 0.630. The van der Waals surface area contributed by atoms with Crippen molar-refractivity contribution in [3.63, 3.8) is 0 Å². The second-order valence-corrected chi connectivity index (χ2v) is 6.31. The molecule has 2 aliphatic rings. The number of nitrogens with zero attached hydrogens (tertiary/aromatic N) is 2. The van der Waals surface area contributed by atoms with E-state index in [2.05, 4.69) is 22.4 Å². The van der Waals surface area contributed by atoms with Crippen molar-refractivity contribution in [2.24, 2.45) is 23.6 Å². The smallest absolute Gasteiger partial charge is 0.0564 e. The fraction of sp³-hybridized carbons (Fsp3) is 0.667. The maximum absolute atomic E-state index is 5.43. The van der Waals surface area contributed by atoms with Gasteiger partial charge in [-0.2, -0.15) is 0 Å². The van der Waals surface area contributed by atoms with Gasteiger partial charge < -0.3 is 10.3 Å². The fourth-order valence-corrected chi connectivity index (χ4v) is 4.00. The normalized spacial score (nSPS) is 29.1. The van der Waals surface area contributed by atoms with Gasteiger partial charge in [0.1, 0.15) is 0 Å². The van der Waals surface area contributed by atoms with Gasteiger partial charge in [0.05, 0.1) is 11.4 Å². The molecule has 1 aromatic rings. The first-order valence-corrected chi connectivity index (χ1v) is 7.34. The Morgan fingerprint density at radius 2 is 2.32 bits per heavy atom. The van der Waals surface area contributed by atoms with Gasteiger partial charge >= 0.3 is 0 Å². The van der Waals surface area contributed by atoms with Crippen molar-refractivity contribution in [1.82, 2.24) is 9.88 Å². The number of aromatic nitrogens is 1. The number of anilines is 1. The number of hydrogen-bond acceptors (Lipinski definition) is 4. The van der Waals surface area contributed by atoms with Gasteiger partial charge in [-0.05, 0) is 56.2 Å². The molecule has 1 aromatic heterocycles. The average molecular weight is 260 g/mol. The van der Waals surface area contributed by atoms with Crippen molar-refractivity contribution < 1.29 is 0 Å². The summed E-state index contributed by atoms with van der Waals surface area (Å²) in [7, 11) is 2.20. The Hall–Kier alpha value is -1.13. The Balaban J connectivity index is 1.54.